The number of likely N-dealkylation sites (N-methyl/N-ethyl adjacent to an activating group) is 1. The van der Waals surface area contributed by atoms with Gasteiger partial charge in [-0.1, -0.05) is 20.8 Å². The minimum atomic E-state index is 0.644. The summed E-state index contributed by atoms with van der Waals surface area (Å²) in [6, 6.07) is 0.759. The first-order chi connectivity index (χ1) is 7.74. The molecule has 3 heteroatoms. The van der Waals surface area contributed by atoms with Gasteiger partial charge in [0.2, 0.25) is 0 Å². The maximum absolute atomic E-state index is 5.54. The van der Waals surface area contributed by atoms with Crippen molar-refractivity contribution in [3.63, 3.8) is 0 Å². The third-order valence-corrected chi connectivity index (χ3v) is 3.16. The van der Waals surface area contributed by atoms with Gasteiger partial charge < -0.3 is 10.1 Å². The fourth-order valence-electron chi connectivity index (χ4n) is 2.27. The van der Waals surface area contributed by atoms with Crippen LogP contribution in [0.25, 0.3) is 0 Å². The van der Waals surface area contributed by atoms with Crippen LogP contribution in [-0.2, 0) is 4.74 Å². The van der Waals surface area contributed by atoms with Crippen molar-refractivity contribution in [1.82, 2.24) is 10.2 Å². The van der Waals surface area contributed by atoms with Crippen LogP contribution in [0.1, 0.15) is 33.6 Å². The molecule has 1 aliphatic heterocycles. The highest BCUT2D eigenvalue weighted by Crippen LogP contribution is 2.15. The minimum absolute atomic E-state index is 0.644. The van der Waals surface area contributed by atoms with Crippen molar-refractivity contribution in [3.8, 4) is 0 Å². The van der Waals surface area contributed by atoms with Crippen LogP contribution in [0.2, 0.25) is 0 Å². The Morgan fingerprint density at radius 3 is 2.94 bits per heavy atom. The summed E-state index contributed by atoms with van der Waals surface area (Å²) in [5, 5.41) is 3.50. The minimum Gasteiger partial charge on any atom is -0.380 e. The second kappa shape index (κ2) is 8.04. The van der Waals surface area contributed by atoms with Gasteiger partial charge in [-0.15, -0.1) is 0 Å². The first kappa shape index (κ1) is 13.9. The number of nitrogens with one attached hydrogen (secondary N) is 1. The van der Waals surface area contributed by atoms with Gasteiger partial charge in [-0.25, -0.2) is 0 Å². The molecule has 0 aliphatic carbocycles. The molecular weight excluding hydrogens is 200 g/mol. The number of likely N-dealkylation sites (tertiary alicyclic amines) is 1. The first-order valence-corrected chi connectivity index (χ1v) is 6.76. The van der Waals surface area contributed by atoms with Gasteiger partial charge in [-0.2, -0.15) is 0 Å². The van der Waals surface area contributed by atoms with Crippen molar-refractivity contribution in [3.05, 3.63) is 0 Å². The number of nitrogens with zero attached hydrogens (tertiary/aromatic N) is 1. The molecule has 1 heterocycles. The van der Waals surface area contributed by atoms with Gasteiger partial charge in [0.15, 0.2) is 0 Å². The molecule has 1 N–H and O–H groups in total. The highest BCUT2D eigenvalue weighted by molar-refractivity contribution is 4.79. The molecule has 1 unspecified atom stereocenters. The van der Waals surface area contributed by atoms with E-state index in [0.717, 1.165) is 32.3 Å². The van der Waals surface area contributed by atoms with Crippen LogP contribution in [0.5, 0.6) is 0 Å². The predicted molar refractivity (Wildman–Crippen MR) is 68.8 cm³/mol. The molecule has 0 spiro atoms. The van der Waals surface area contributed by atoms with E-state index in [0.29, 0.717) is 5.92 Å². The van der Waals surface area contributed by atoms with E-state index in [4.69, 9.17) is 4.74 Å². The Bertz CT molecular complexity index is 173. The van der Waals surface area contributed by atoms with Crippen LogP contribution < -0.4 is 5.32 Å². The van der Waals surface area contributed by atoms with Crippen LogP contribution in [0, 0.1) is 5.92 Å². The summed E-state index contributed by atoms with van der Waals surface area (Å²) in [4.78, 5) is 2.57. The van der Waals surface area contributed by atoms with Crippen LogP contribution in [-0.4, -0.2) is 50.3 Å². The normalized spacial score (nSPS) is 22.1. The third-order valence-electron chi connectivity index (χ3n) is 3.16. The molecular formula is C13H28N2O. The lowest BCUT2D eigenvalue weighted by Crippen LogP contribution is -2.38. The first-order valence-electron chi connectivity index (χ1n) is 6.76. The standard InChI is InChI=1S/C13H28N2O/c1-4-15-8-5-6-13(15)10-14-7-9-16-11-12(2)3/h12-14H,4-11H2,1-3H3. The van der Waals surface area contributed by atoms with Gasteiger partial charge in [0.05, 0.1) is 6.61 Å². The smallest absolute Gasteiger partial charge is 0.0591 e. The summed E-state index contributed by atoms with van der Waals surface area (Å²) >= 11 is 0. The molecule has 1 aliphatic rings. The summed E-state index contributed by atoms with van der Waals surface area (Å²) < 4.78 is 5.54. The highest BCUT2D eigenvalue weighted by Gasteiger charge is 2.21. The molecule has 16 heavy (non-hydrogen) atoms. The Morgan fingerprint density at radius 1 is 1.44 bits per heavy atom. The SMILES string of the molecule is CCN1CCCC1CNCCOCC(C)C. The quantitative estimate of drug-likeness (QED) is 0.640. The number of rotatable bonds is 8. The van der Waals surface area contributed by atoms with E-state index < -0.39 is 0 Å². The van der Waals surface area contributed by atoms with Crippen LogP contribution >= 0.6 is 0 Å². The summed E-state index contributed by atoms with van der Waals surface area (Å²) in [5.41, 5.74) is 0. The fraction of sp³-hybridized carbons (Fsp3) is 1.00. The molecule has 0 radical (unpaired) electrons. The summed E-state index contributed by atoms with van der Waals surface area (Å²) in [5.74, 6) is 0.644. The van der Waals surface area contributed by atoms with Crippen LogP contribution in [0.4, 0.5) is 0 Å². The zero-order chi connectivity index (χ0) is 11.8. The second-order valence-electron chi connectivity index (χ2n) is 5.10. The van der Waals surface area contributed by atoms with E-state index in [1.54, 1.807) is 0 Å². The third kappa shape index (κ3) is 5.28. The molecule has 0 amide bonds. The van der Waals surface area contributed by atoms with Crippen LogP contribution in [0.15, 0.2) is 0 Å². The molecule has 0 bridgehead atoms. The molecule has 0 aromatic carbocycles. The Kier molecular flexibility index (Phi) is 7.01. The molecule has 3 nitrogen and oxygen atoms in total. The summed E-state index contributed by atoms with van der Waals surface area (Å²) in [6.07, 6.45) is 2.72. The molecule has 1 atom stereocenters. The zero-order valence-corrected chi connectivity index (χ0v) is 11.2. The van der Waals surface area contributed by atoms with Gasteiger partial charge in [-0.05, 0) is 31.8 Å². The van der Waals surface area contributed by atoms with Gasteiger partial charge in [0.1, 0.15) is 0 Å². The molecule has 1 fully saturated rings. The van der Waals surface area contributed by atoms with Gasteiger partial charge in [-0.3, -0.25) is 4.90 Å². The lowest BCUT2D eigenvalue weighted by Gasteiger charge is -2.22. The van der Waals surface area contributed by atoms with E-state index in [9.17, 15) is 0 Å². The molecule has 1 rings (SSSR count). The van der Waals surface area contributed by atoms with Gasteiger partial charge >= 0.3 is 0 Å². The molecule has 0 aromatic heterocycles. The van der Waals surface area contributed by atoms with Crippen molar-refractivity contribution in [2.75, 3.05) is 39.4 Å². The highest BCUT2D eigenvalue weighted by atomic mass is 16.5. The number of hydrogen-bond donors (Lipinski definition) is 1. The maximum Gasteiger partial charge on any atom is 0.0591 e. The van der Waals surface area contributed by atoms with Crippen molar-refractivity contribution < 1.29 is 4.74 Å². The fourth-order valence-corrected chi connectivity index (χ4v) is 2.27. The summed E-state index contributed by atoms with van der Waals surface area (Å²) in [7, 11) is 0. The molecule has 96 valence electrons. The van der Waals surface area contributed by atoms with E-state index in [1.165, 1.54) is 25.9 Å². The molecule has 0 aromatic rings. The van der Waals surface area contributed by atoms with Crippen LogP contribution in [0.3, 0.4) is 0 Å². The molecule has 1 saturated heterocycles. The summed E-state index contributed by atoms with van der Waals surface area (Å²) in [6.45, 7) is 12.9. The second-order valence-corrected chi connectivity index (χ2v) is 5.10. The van der Waals surface area contributed by atoms with Gasteiger partial charge in [0, 0.05) is 25.7 Å². The lowest BCUT2D eigenvalue weighted by atomic mass is 10.2. The lowest BCUT2D eigenvalue weighted by molar-refractivity contribution is 0.110. The van der Waals surface area contributed by atoms with Gasteiger partial charge in [0.25, 0.3) is 0 Å². The average molecular weight is 228 g/mol. The topological polar surface area (TPSA) is 24.5 Å². The van der Waals surface area contributed by atoms with Crippen molar-refractivity contribution in [2.24, 2.45) is 5.92 Å². The Hall–Kier alpha value is -0.120. The number of ether oxygens (including phenoxy) is 1. The van der Waals surface area contributed by atoms with E-state index in [-0.39, 0.29) is 0 Å². The van der Waals surface area contributed by atoms with Crippen molar-refractivity contribution in [2.45, 2.75) is 39.7 Å². The van der Waals surface area contributed by atoms with E-state index >= 15 is 0 Å². The Labute approximate surface area is 101 Å². The van der Waals surface area contributed by atoms with Crippen molar-refractivity contribution in [1.29, 1.82) is 0 Å². The van der Waals surface area contributed by atoms with Crippen molar-refractivity contribution >= 4 is 0 Å². The maximum atomic E-state index is 5.54. The monoisotopic (exact) mass is 228 g/mol. The largest absolute Gasteiger partial charge is 0.380 e. The Morgan fingerprint density at radius 2 is 2.25 bits per heavy atom. The Balaban J connectivity index is 1.94. The van der Waals surface area contributed by atoms with E-state index in [2.05, 4.69) is 31.0 Å². The zero-order valence-electron chi connectivity index (χ0n) is 11.2. The number of hydrogen-bond acceptors (Lipinski definition) is 3. The predicted octanol–water partition coefficient (Wildman–Crippen LogP) is 1.73. The average Bonchev–Trinajstić information content (AvgIpc) is 2.70. The molecule has 0 saturated carbocycles. The van der Waals surface area contributed by atoms with E-state index in [1.807, 2.05) is 0 Å².